The molecule has 1 aliphatic rings. The van der Waals surface area contributed by atoms with Gasteiger partial charge in [-0.25, -0.2) is 0 Å². The van der Waals surface area contributed by atoms with Crippen LogP contribution in [0.5, 0.6) is 0 Å². The zero-order valence-electron chi connectivity index (χ0n) is 11.8. The van der Waals surface area contributed by atoms with Gasteiger partial charge in [-0.1, -0.05) is 11.6 Å². The summed E-state index contributed by atoms with van der Waals surface area (Å²) < 4.78 is 7.68. The van der Waals surface area contributed by atoms with E-state index in [2.05, 4.69) is 23.8 Å². The van der Waals surface area contributed by atoms with Gasteiger partial charge >= 0.3 is 0 Å². The number of nitrogens with two attached hydrogens (primary N) is 1. The second kappa shape index (κ2) is 6.22. The third kappa shape index (κ3) is 3.11. The second-order valence-corrected chi connectivity index (χ2v) is 5.62. The lowest BCUT2D eigenvalue weighted by Crippen LogP contribution is -2.49. The molecule has 0 aromatic carbocycles. The molecule has 2 unspecified atom stereocenters. The fraction of sp³-hybridized carbons (Fsp3) is 0.769. The Kier molecular flexibility index (Phi) is 4.84. The molecule has 1 aliphatic heterocycles. The highest BCUT2D eigenvalue weighted by molar-refractivity contribution is 6.31. The number of morpholine rings is 1. The molecule has 2 atom stereocenters. The van der Waals surface area contributed by atoms with Gasteiger partial charge in [0.25, 0.3) is 0 Å². The largest absolute Gasteiger partial charge is 0.374 e. The predicted molar refractivity (Wildman–Crippen MR) is 76.3 cm³/mol. The third-order valence-electron chi connectivity index (χ3n) is 3.70. The highest BCUT2D eigenvalue weighted by Crippen LogP contribution is 2.27. The maximum Gasteiger partial charge on any atom is 0.0910 e. The average Bonchev–Trinajstić information content (AvgIpc) is 2.79. The lowest BCUT2D eigenvalue weighted by molar-refractivity contribution is -0.0513. The van der Waals surface area contributed by atoms with Crippen LogP contribution in [0.15, 0.2) is 6.20 Å². The molecule has 2 rings (SSSR count). The minimum absolute atomic E-state index is 0.0318. The van der Waals surface area contributed by atoms with Crippen LogP contribution in [0.4, 0.5) is 0 Å². The van der Waals surface area contributed by atoms with E-state index in [-0.39, 0.29) is 12.1 Å². The maximum atomic E-state index is 6.36. The SMILES string of the molecule is CCn1ncc(Cl)c1C(N)C1CN(C(C)C)CCO1. The molecular weight excluding hydrogens is 264 g/mol. The van der Waals surface area contributed by atoms with Crippen molar-refractivity contribution in [1.29, 1.82) is 0 Å². The van der Waals surface area contributed by atoms with Crippen molar-refractivity contribution in [2.24, 2.45) is 5.73 Å². The fourth-order valence-corrected chi connectivity index (χ4v) is 2.78. The number of rotatable bonds is 4. The van der Waals surface area contributed by atoms with Crippen LogP contribution in [-0.4, -0.2) is 46.5 Å². The van der Waals surface area contributed by atoms with Crippen LogP contribution >= 0.6 is 11.6 Å². The Morgan fingerprint density at radius 1 is 1.58 bits per heavy atom. The Morgan fingerprint density at radius 3 is 2.95 bits per heavy atom. The molecule has 5 nitrogen and oxygen atoms in total. The number of ether oxygens (including phenoxy) is 1. The first-order valence-electron chi connectivity index (χ1n) is 6.87. The van der Waals surface area contributed by atoms with Gasteiger partial charge in [-0.2, -0.15) is 5.10 Å². The molecule has 2 N–H and O–H groups in total. The van der Waals surface area contributed by atoms with Gasteiger partial charge in [-0.05, 0) is 20.8 Å². The number of aryl methyl sites for hydroxylation is 1. The van der Waals surface area contributed by atoms with Gasteiger partial charge in [0.05, 0.1) is 35.7 Å². The maximum absolute atomic E-state index is 6.36. The summed E-state index contributed by atoms with van der Waals surface area (Å²) in [5.74, 6) is 0. The van der Waals surface area contributed by atoms with E-state index in [4.69, 9.17) is 22.1 Å². The topological polar surface area (TPSA) is 56.3 Å². The van der Waals surface area contributed by atoms with Crippen molar-refractivity contribution in [3.63, 3.8) is 0 Å². The summed E-state index contributed by atoms with van der Waals surface area (Å²) in [7, 11) is 0. The van der Waals surface area contributed by atoms with Crippen LogP contribution in [0, 0.1) is 0 Å². The molecule has 0 saturated carbocycles. The van der Waals surface area contributed by atoms with Crippen LogP contribution in [0.25, 0.3) is 0 Å². The van der Waals surface area contributed by atoms with Gasteiger partial charge in [-0.15, -0.1) is 0 Å². The van der Waals surface area contributed by atoms with E-state index in [0.717, 1.165) is 25.3 Å². The Hall–Kier alpha value is -0.620. The predicted octanol–water partition coefficient (Wildman–Crippen LogP) is 1.67. The van der Waals surface area contributed by atoms with Gasteiger partial charge in [0.15, 0.2) is 0 Å². The third-order valence-corrected chi connectivity index (χ3v) is 4.00. The number of nitrogens with zero attached hydrogens (tertiary/aromatic N) is 3. The lowest BCUT2D eigenvalue weighted by atomic mass is 10.1. The summed E-state index contributed by atoms with van der Waals surface area (Å²) in [4.78, 5) is 2.38. The highest BCUT2D eigenvalue weighted by Gasteiger charge is 2.31. The first kappa shape index (κ1) is 14.8. The summed E-state index contributed by atoms with van der Waals surface area (Å²) >= 11 is 6.20. The fourth-order valence-electron chi connectivity index (χ4n) is 2.51. The van der Waals surface area contributed by atoms with Crippen molar-refractivity contribution in [3.8, 4) is 0 Å². The molecule has 0 bridgehead atoms. The molecule has 1 aromatic heterocycles. The van der Waals surface area contributed by atoms with Crippen molar-refractivity contribution in [2.45, 2.75) is 45.5 Å². The lowest BCUT2D eigenvalue weighted by Gasteiger charge is -2.38. The zero-order chi connectivity index (χ0) is 14.0. The monoisotopic (exact) mass is 286 g/mol. The summed E-state index contributed by atoms with van der Waals surface area (Å²) in [6.45, 7) is 9.69. The smallest absolute Gasteiger partial charge is 0.0910 e. The number of hydrogen-bond donors (Lipinski definition) is 1. The molecular formula is C13H23ClN4O. The zero-order valence-corrected chi connectivity index (χ0v) is 12.6. The molecule has 0 amide bonds. The molecule has 0 radical (unpaired) electrons. The van der Waals surface area contributed by atoms with Crippen LogP contribution in [-0.2, 0) is 11.3 Å². The Bertz CT molecular complexity index is 421. The number of aromatic nitrogens is 2. The Labute approximate surface area is 119 Å². The molecule has 1 fully saturated rings. The summed E-state index contributed by atoms with van der Waals surface area (Å²) in [6.07, 6.45) is 1.62. The van der Waals surface area contributed by atoms with E-state index in [1.165, 1.54) is 0 Å². The van der Waals surface area contributed by atoms with E-state index in [0.29, 0.717) is 17.7 Å². The highest BCUT2D eigenvalue weighted by atomic mass is 35.5. The van der Waals surface area contributed by atoms with E-state index in [1.54, 1.807) is 6.20 Å². The molecule has 19 heavy (non-hydrogen) atoms. The van der Waals surface area contributed by atoms with Crippen LogP contribution in [0.2, 0.25) is 5.02 Å². The summed E-state index contributed by atoms with van der Waals surface area (Å²) in [5, 5.41) is 4.86. The van der Waals surface area contributed by atoms with Gasteiger partial charge in [-0.3, -0.25) is 9.58 Å². The van der Waals surface area contributed by atoms with Crippen molar-refractivity contribution >= 4 is 11.6 Å². The molecule has 1 saturated heterocycles. The van der Waals surface area contributed by atoms with Crippen molar-refractivity contribution in [3.05, 3.63) is 16.9 Å². The normalized spacial score (nSPS) is 22.9. The van der Waals surface area contributed by atoms with Crippen LogP contribution in [0.1, 0.15) is 32.5 Å². The first-order valence-corrected chi connectivity index (χ1v) is 7.24. The second-order valence-electron chi connectivity index (χ2n) is 5.22. The molecule has 0 aliphatic carbocycles. The van der Waals surface area contributed by atoms with E-state index < -0.39 is 0 Å². The summed E-state index contributed by atoms with van der Waals surface area (Å²) in [6, 6.07) is 0.265. The van der Waals surface area contributed by atoms with Crippen LogP contribution < -0.4 is 5.73 Å². The van der Waals surface area contributed by atoms with E-state index in [9.17, 15) is 0 Å². The Balaban J connectivity index is 2.14. The van der Waals surface area contributed by atoms with Crippen molar-refractivity contribution in [1.82, 2.24) is 14.7 Å². The average molecular weight is 287 g/mol. The first-order chi connectivity index (χ1) is 9.04. The van der Waals surface area contributed by atoms with E-state index in [1.807, 2.05) is 11.6 Å². The van der Waals surface area contributed by atoms with Gasteiger partial charge < -0.3 is 10.5 Å². The van der Waals surface area contributed by atoms with Gasteiger partial charge in [0, 0.05) is 25.7 Å². The molecule has 108 valence electrons. The number of hydrogen-bond acceptors (Lipinski definition) is 4. The van der Waals surface area contributed by atoms with Gasteiger partial charge in [0.1, 0.15) is 0 Å². The minimum atomic E-state index is -0.239. The molecule has 1 aromatic rings. The molecule has 0 spiro atoms. The van der Waals surface area contributed by atoms with Gasteiger partial charge in [0.2, 0.25) is 0 Å². The standard InChI is InChI=1S/C13H23ClN4O/c1-4-18-13(10(14)7-16-18)12(15)11-8-17(9(2)3)5-6-19-11/h7,9,11-12H,4-6,8,15H2,1-3H3. The summed E-state index contributed by atoms with van der Waals surface area (Å²) in [5.41, 5.74) is 7.23. The minimum Gasteiger partial charge on any atom is -0.374 e. The quantitative estimate of drug-likeness (QED) is 0.915. The molecule has 2 heterocycles. The van der Waals surface area contributed by atoms with Crippen LogP contribution in [0.3, 0.4) is 0 Å². The molecule has 6 heteroatoms. The Morgan fingerprint density at radius 2 is 2.32 bits per heavy atom. The van der Waals surface area contributed by atoms with E-state index >= 15 is 0 Å². The van der Waals surface area contributed by atoms with Crippen molar-refractivity contribution in [2.75, 3.05) is 19.7 Å². The van der Waals surface area contributed by atoms with Crippen molar-refractivity contribution < 1.29 is 4.74 Å². The number of halogens is 1.